The lowest BCUT2D eigenvalue weighted by molar-refractivity contribution is 0.0695. The molecule has 1 aromatic carbocycles. The van der Waals surface area contributed by atoms with Gasteiger partial charge in [0, 0.05) is 12.2 Å². The minimum atomic E-state index is -1.01. The molecule has 1 saturated heterocycles. The molecule has 1 fully saturated rings. The zero-order valence-corrected chi connectivity index (χ0v) is 13.6. The average Bonchev–Trinajstić information content (AvgIpc) is 3.13. The van der Waals surface area contributed by atoms with E-state index < -0.39 is 5.97 Å². The summed E-state index contributed by atoms with van der Waals surface area (Å²) in [6.45, 7) is 4.83. The molecule has 24 heavy (non-hydrogen) atoms. The summed E-state index contributed by atoms with van der Waals surface area (Å²) in [5, 5.41) is 16.2. The predicted octanol–water partition coefficient (Wildman–Crippen LogP) is 1.79. The molecule has 0 aliphatic carbocycles. The Morgan fingerprint density at radius 1 is 1.33 bits per heavy atom. The van der Waals surface area contributed by atoms with Gasteiger partial charge in [-0.05, 0) is 44.5 Å². The third kappa shape index (κ3) is 3.03. The molecule has 0 bridgehead atoms. The monoisotopic (exact) mass is 329 g/mol. The zero-order valence-electron chi connectivity index (χ0n) is 13.6. The number of carboxylic acids is 1. The van der Waals surface area contributed by atoms with Crippen LogP contribution in [0.2, 0.25) is 0 Å². The first kappa shape index (κ1) is 16.2. The van der Waals surface area contributed by atoms with Gasteiger partial charge in [0.05, 0.1) is 29.7 Å². The van der Waals surface area contributed by atoms with Crippen molar-refractivity contribution in [3.8, 4) is 5.69 Å². The molecule has 1 aliphatic rings. The summed E-state index contributed by atoms with van der Waals surface area (Å²) in [5.74, 6) is -1.17. The number of amides is 1. The van der Waals surface area contributed by atoms with Gasteiger partial charge in [-0.3, -0.25) is 4.79 Å². The van der Waals surface area contributed by atoms with Crippen LogP contribution in [0.15, 0.2) is 30.5 Å². The van der Waals surface area contributed by atoms with Gasteiger partial charge in [-0.2, -0.15) is 5.10 Å². The van der Waals surface area contributed by atoms with Crippen LogP contribution in [0.3, 0.4) is 0 Å². The van der Waals surface area contributed by atoms with Crippen molar-refractivity contribution in [3.63, 3.8) is 0 Å². The molecule has 2 N–H and O–H groups in total. The van der Waals surface area contributed by atoms with Crippen molar-refractivity contribution in [1.29, 1.82) is 0 Å². The minimum Gasteiger partial charge on any atom is -0.478 e. The topological polar surface area (TPSA) is 93.5 Å². The fourth-order valence-electron chi connectivity index (χ4n) is 2.75. The Kier molecular flexibility index (Phi) is 4.11. The second-order valence-electron chi connectivity index (χ2n) is 6.22. The smallest absolute Gasteiger partial charge is 0.339 e. The van der Waals surface area contributed by atoms with E-state index >= 15 is 0 Å². The van der Waals surface area contributed by atoms with Gasteiger partial charge in [0.15, 0.2) is 0 Å². The van der Waals surface area contributed by atoms with Crippen molar-refractivity contribution in [3.05, 3.63) is 47.3 Å². The Labute approximate surface area is 139 Å². The summed E-state index contributed by atoms with van der Waals surface area (Å²) in [4.78, 5) is 23.4. The van der Waals surface area contributed by atoms with E-state index in [-0.39, 0.29) is 17.0 Å². The largest absolute Gasteiger partial charge is 0.478 e. The quantitative estimate of drug-likeness (QED) is 0.892. The summed E-state index contributed by atoms with van der Waals surface area (Å²) in [5.41, 5.74) is 1.61. The normalized spacial score (nSPS) is 20.1. The summed E-state index contributed by atoms with van der Waals surface area (Å²) in [6, 6.07) is 6.89. The molecule has 1 atom stereocenters. The number of hydrogen-bond acceptors (Lipinski definition) is 4. The maximum Gasteiger partial charge on any atom is 0.339 e. The minimum absolute atomic E-state index is 0.155. The van der Waals surface area contributed by atoms with E-state index in [4.69, 9.17) is 9.84 Å². The van der Waals surface area contributed by atoms with Gasteiger partial charge < -0.3 is 15.2 Å². The summed E-state index contributed by atoms with van der Waals surface area (Å²) in [7, 11) is 0. The number of rotatable bonds is 4. The van der Waals surface area contributed by atoms with Gasteiger partial charge in [-0.1, -0.05) is 0 Å². The van der Waals surface area contributed by atoms with Crippen LogP contribution in [0.4, 0.5) is 0 Å². The van der Waals surface area contributed by atoms with Crippen LogP contribution >= 0.6 is 0 Å². The number of benzene rings is 1. The van der Waals surface area contributed by atoms with E-state index in [0.29, 0.717) is 30.2 Å². The summed E-state index contributed by atoms with van der Waals surface area (Å²) >= 11 is 0. The van der Waals surface area contributed by atoms with Crippen LogP contribution in [-0.2, 0) is 4.74 Å². The Balaban J connectivity index is 1.78. The lowest BCUT2D eigenvalue weighted by atomic mass is 10.0. The number of nitrogens with one attached hydrogen (secondary N) is 1. The number of hydrogen-bond donors (Lipinski definition) is 2. The molecule has 0 saturated carbocycles. The molecule has 126 valence electrons. The summed E-state index contributed by atoms with van der Waals surface area (Å²) < 4.78 is 6.87. The lowest BCUT2D eigenvalue weighted by Crippen LogP contribution is -2.46. The third-order valence-electron chi connectivity index (χ3n) is 4.25. The number of carbonyl (C=O) groups is 2. The Bertz CT molecular complexity index is 774. The van der Waals surface area contributed by atoms with Gasteiger partial charge in [0.2, 0.25) is 0 Å². The van der Waals surface area contributed by atoms with Gasteiger partial charge in [-0.15, -0.1) is 0 Å². The molecule has 1 amide bonds. The molecule has 3 rings (SSSR count). The molecule has 7 heteroatoms. The van der Waals surface area contributed by atoms with E-state index in [9.17, 15) is 9.59 Å². The maximum atomic E-state index is 12.3. The van der Waals surface area contributed by atoms with Gasteiger partial charge in [0.1, 0.15) is 5.56 Å². The lowest BCUT2D eigenvalue weighted by Gasteiger charge is -2.23. The SMILES string of the molecule is Cc1c(C(=O)O)cnn1-c1ccc(C(=O)N[C@@]2(C)CCOC2)cc1. The van der Waals surface area contributed by atoms with E-state index in [0.717, 1.165) is 6.42 Å². The highest BCUT2D eigenvalue weighted by Gasteiger charge is 2.31. The highest BCUT2D eigenvalue weighted by atomic mass is 16.5. The van der Waals surface area contributed by atoms with Crippen molar-refractivity contribution >= 4 is 11.9 Å². The van der Waals surface area contributed by atoms with Crippen molar-refractivity contribution in [1.82, 2.24) is 15.1 Å². The second kappa shape index (κ2) is 6.09. The number of carboxylic acid groups (broad SMARTS) is 1. The second-order valence-corrected chi connectivity index (χ2v) is 6.22. The molecule has 2 heterocycles. The Hall–Kier alpha value is -2.67. The Morgan fingerprint density at radius 3 is 2.58 bits per heavy atom. The first-order valence-corrected chi connectivity index (χ1v) is 7.68. The fraction of sp³-hybridized carbons (Fsp3) is 0.353. The number of aromatic nitrogens is 2. The molecule has 2 aromatic rings. The van der Waals surface area contributed by atoms with Gasteiger partial charge in [-0.25, -0.2) is 9.48 Å². The zero-order chi connectivity index (χ0) is 17.3. The van der Waals surface area contributed by atoms with E-state index in [1.54, 1.807) is 31.2 Å². The average molecular weight is 329 g/mol. The van der Waals surface area contributed by atoms with Crippen LogP contribution in [0.1, 0.15) is 39.8 Å². The van der Waals surface area contributed by atoms with Crippen LogP contribution in [0, 0.1) is 6.92 Å². The van der Waals surface area contributed by atoms with Crippen LogP contribution in [-0.4, -0.2) is 45.5 Å². The highest BCUT2D eigenvalue weighted by molar-refractivity contribution is 5.95. The molecule has 1 aliphatic heterocycles. The van der Waals surface area contributed by atoms with Crippen molar-refractivity contribution in [2.45, 2.75) is 25.8 Å². The Morgan fingerprint density at radius 2 is 2.04 bits per heavy atom. The summed E-state index contributed by atoms with van der Waals surface area (Å²) in [6.07, 6.45) is 2.11. The number of nitrogens with zero attached hydrogens (tertiary/aromatic N) is 2. The fourth-order valence-corrected chi connectivity index (χ4v) is 2.75. The molecule has 0 unspecified atom stereocenters. The maximum absolute atomic E-state index is 12.3. The first-order valence-electron chi connectivity index (χ1n) is 7.68. The van der Waals surface area contributed by atoms with Crippen LogP contribution < -0.4 is 5.32 Å². The van der Waals surface area contributed by atoms with Crippen LogP contribution in [0.25, 0.3) is 5.69 Å². The number of ether oxygens (including phenoxy) is 1. The number of carbonyl (C=O) groups excluding carboxylic acids is 1. The van der Waals surface area contributed by atoms with Crippen molar-refractivity contribution in [2.24, 2.45) is 0 Å². The van der Waals surface area contributed by atoms with E-state index in [1.807, 2.05) is 6.92 Å². The van der Waals surface area contributed by atoms with Gasteiger partial charge in [0.25, 0.3) is 5.91 Å². The van der Waals surface area contributed by atoms with Gasteiger partial charge >= 0.3 is 5.97 Å². The van der Waals surface area contributed by atoms with Crippen LogP contribution in [0.5, 0.6) is 0 Å². The molecule has 0 radical (unpaired) electrons. The van der Waals surface area contributed by atoms with E-state index in [1.165, 1.54) is 10.9 Å². The molecule has 0 spiro atoms. The predicted molar refractivity (Wildman–Crippen MR) is 86.6 cm³/mol. The highest BCUT2D eigenvalue weighted by Crippen LogP contribution is 2.19. The molecular weight excluding hydrogens is 310 g/mol. The number of aromatic carboxylic acids is 1. The molecule has 7 nitrogen and oxygen atoms in total. The van der Waals surface area contributed by atoms with E-state index in [2.05, 4.69) is 10.4 Å². The van der Waals surface area contributed by atoms with Crippen molar-refractivity contribution in [2.75, 3.05) is 13.2 Å². The molecular formula is C17H19N3O4. The molecule has 1 aromatic heterocycles. The standard InChI is InChI=1S/C17H19N3O4/c1-11-14(16(22)23)9-18-20(11)13-5-3-12(4-6-13)15(21)19-17(2)7-8-24-10-17/h3-6,9H,7-8,10H2,1-2H3,(H,19,21)(H,22,23)/t17-/m0/s1. The van der Waals surface area contributed by atoms with Crippen molar-refractivity contribution < 1.29 is 19.4 Å². The first-order chi connectivity index (χ1) is 11.4. The third-order valence-corrected chi connectivity index (χ3v) is 4.25.